The average molecular weight is 467 g/mol. The number of para-hydroxylation sites is 2. The molecule has 0 aromatic heterocycles. The molecule has 2 N–H and O–H groups in total. The third kappa shape index (κ3) is 9.46. The number of unbranched alkanes of at least 4 members (excludes halogenated alkanes) is 1. The normalized spacial score (nSPS) is 12.1. The van der Waals surface area contributed by atoms with Gasteiger partial charge in [-0.3, -0.25) is 4.99 Å². The van der Waals surface area contributed by atoms with Gasteiger partial charge >= 0.3 is 0 Å². The second-order valence-corrected chi connectivity index (χ2v) is 6.14. The molecule has 0 aliphatic rings. The number of aliphatic imine (C=N–C) groups is 1. The Morgan fingerprint density at radius 3 is 2.54 bits per heavy atom. The van der Waals surface area contributed by atoms with Crippen molar-refractivity contribution in [1.82, 2.24) is 10.6 Å². The molecule has 1 rings (SSSR count). The molecule has 0 amide bonds. The summed E-state index contributed by atoms with van der Waals surface area (Å²) in [6.07, 6.45) is 4.51. The second-order valence-electron chi connectivity index (χ2n) is 5.16. The molecule has 138 valence electrons. The van der Waals surface area contributed by atoms with Crippen LogP contribution in [-0.2, 0) is 0 Å². The number of hydrogen-bond acceptors (Lipinski definition) is 4. The number of nitrogens with zero attached hydrogens (tertiary/aromatic N) is 1. The molecule has 1 aromatic carbocycles. The van der Waals surface area contributed by atoms with E-state index in [4.69, 9.17) is 9.47 Å². The van der Waals surface area contributed by atoms with Gasteiger partial charge in [-0.05, 0) is 43.9 Å². The van der Waals surface area contributed by atoms with Crippen LogP contribution in [0.15, 0.2) is 29.3 Å². The van der Waals surface area contributed by atoms with E-state index < -0.39 is 0 Å². The molecular formula is C17H30IN3O2S. The fourth-order valence-electron chi connectivity index (χ4n) is 2.01. The Labute approximate surface area is 167 Å². The summed E-state index contributed by atoms with van der Waals surface area (Å²) in [6.45, 7) is 3.62. The van der Waals surface area contributed by atoms with Gasteiger partial charge in [0.05, 0.1) is 13.7 Å². The van der Waals surface area contributed by atoms with Crippen molar-refractivity contribution < 1.29 is 9.47 Å². The monoisotopic (exact) mass is 467 g/mol. The largest absolute Gasteiger partial charge is 0.493 e. The van der Waals surface area contributed by atoms with Gasteiger partial charge in [-0.2, -0.15) is 11.8 Å². The summed E-state index contributed by atoms with van der Waals surface area (Å²) in [5.74, 6) is 3.52. The number of methoxy groups -OCH3 is 1. The highest BCUT2D eigenvalue weighted by molar-refractivity contribution is 14.0. The molecule has 1 aromatic rings. The third-order valence-corrected chi connectivity index (χ3v) is 3.94. The Balaban J connectivity index is 0.00000529. The van der Waals surface area contributed by atoms with E-state index in [9.17, 15) is 0 Å². The SMILES string of the molecule is CN=C(NCCCCSC)NCC(C)Oc1ccccc1OC.I. The number of rotatable bonds is 10. The van der Waals surface area contributed by atoms with Crippen LogP contribution in [0.4, 0.5) is 0 Å². The highest BCUT2D eigenvalue weighted by atomic mass is 127. The average Bonchev–Trinajstić information content (AvgIpc) is 2.58. The smallest absolute Gasteiger partial charge is 0.191 e. The summed E-state index contributed by atoms with van der Waals surface area (Å²) in [4.78, 5) is 4.23. The molecule has 0 radical (unpaired) electrons. The molecule has 0 fully saturated rings. The predicted octanol–water partition coefficient (Wildman–Crippen LogP) is 3.39. The molecule has 0 saturated carbocycles. The lowest BCUT2D eigenvalue weighted by atomic mass is 10.3. The highest BCUT2D eigenvalue weighted by Gasteiger charge is 2.09. The predicted molar refractivity (Wildman–Crippen MR) is 115 cm³/mol. The van der Waals surface area contributed by atoms with Crippen molar-refractivity contribution in [2.75, 3.05) is 39.3 Å². The van der Waals surface area contributed by atoms with Gasteiger partial charge in [0.1, 0.15) is 6.10 Å². The first kappa shape index (κ1) is 23.2. The molecule has 7 heteroatoms. The van der Waals surface area contributed by atoms with E-state index in [2.05, 4.69) is 21.9 Å². The van der Waals surface area contributed by atoms with Gasteiger partial charge in [-0.25, -0.2) is 0 Å². The van der Waals surface area contributed by atoms with Gasteiger partial charge in [0.25, 0.3) is 0 Å². The molecule has 0 spiro atoms. The maximum atomic E-state index is 5.92. The van der Waals surface area contributed by atoms with Gasteiger partial charge in [0.2, 0.25) is 0 Å². The van der Waals surface area contributed by atoms with Crippen molar-refractivity contribution in [2.45, 2.75) is 25.9 Å². The minimum absolute atomic E-state index is 0. The summed E-state index contributed by atoms with van der Waals surface area (Å²) in [6, 6.07) is 7.67. The van der Waals surface area contributed by atoms with Gasteiger partial charge in [0, 0.05) is 13.6 Å². The zero-order valence-corrected chi connectivity index (χ0v) is 18.1. The first-order chi connectivity index (χ1) is 11.2. The van der Waals surface area contributed by atoms with Gasteiger partial charge in [-0.1, -0.05) is 12.1 Å². The van der Waals surface area contributed by atoms with Crippen LogP contribution in [0.3, 0.4) is 0 Å². The zero-order chi connectivity index (χ0) is 16.9. The Morgan fingerprint density at radius 1 is 1.21 bits per heavy atom. The number of halogens is 1. The van der Waals surface area contributed by atoms with Crippen LogP contribution in [0.5, 0.6) is 11.5 Å². The third-order valence-electron chi connectivity index (χ3n) is 3.25. The van der Waals surface area contributed by atoms with Crippen molar-refractivity contribution in [3.05, 3.63) is 24.3 Å². The summed E-state index contributed by atoms with van der Waals surface area (Å²) in [5, 5.41) is 6.61. The Hall–Kier alpha value is -0.830. The van der Waals surface area contributed by atoms with Gasteiger partial charge in [0.15, 0.2) is 17.5 Å². The van der Waals surface area contributed by atoms with Gasteiger partial charge in [-0.15, -0.1) is 24.0 Å². The van der Waals surface area contributed by atoms with E-state index in [0.29, 0.717) is 6.54 Å². The summed E-state index contributed by atoms with van der Waals surface area (Å²) in [7, 11) is 3.43. The van der Waals surface area contributed by atoms with E-state index in [1.165, 1.54) is 12.2 Å². The molecule has 1 atom stereocenters. The van der Waals surface area contributed by atoms with Crippen LogP contribution in [-0.4, -0.2) is 51.3 Å². The van der Waals surface area contributed by atoms with Crippen molar-refractivity contribution in [3.8, 4) is 11.5 Å². The Morgan fingerprint density at radius 2 is 1.92 bits per heavy atom. The highest BCUT2D eigenvalue weighted by Crippen LogP contribution is 2.26. The zero-order valence-electron chi connectivity index (χ0n) is 15.0. The molecule has 0 aliphatic carbocycles. The number of nitrogens with one attached hydrogen (secondary N) is 2. The van der Waals surface area contributed by atoms with Crippen molar-refractivity contribution in [2.24, 2.45) is 4.99 Å². The molecule has 0 heterocycles. The van der Waals surface area contributed by atoms with Crippen LogP contribution in [0.1, 0.15) is 19.8 Å². The summed E-state index contributed by atoms with van der Waals surface area (Å²) < 4.78 is 11.2. The number of benzene rings is 1. The summed E-state index contributed by atoms with van der Waals surface area (Å²) in [5.41, 5.74) is 0. The molecule has 24 heavy (non-hydrogen) atoms. The fourth-order valence-corrected chi connectivity index (χ4v) is 2.51. The van der Waals surface area contributed by atoms with E-state index in [-0.39, 0.29) is 30.1 Å². The topological polar surface area (TPSA) is 54.9 Å². The number of hydrogen-bond donors (Lipinski definition) is 2. The quantitative estimate of drug-likeness (QED) is 0.239. The van der Waals surface area contributed by atoms with Crippen molar-refractivity contribution >= 4 is 41.7 Å². The second kappa shape index (κ2) is 14.5. The van der Waals surface area contributed by atoms with Crippen LogP contribution in [0.25, 0.3) is 0 Å². The number of ether oxygens (including phenoxy) is 2. The molecule has 0 aliphatic heterocycles. The summed E-state index contributed by atoms with van der Waals surface area (Å²) >= 11 is 1.88. The van der Waals surface area contributed by atoms with Gasteiger partial charge < -0.3 is 20.1 Å². The fraction of sp³-hybridized carbons (Fsp3) is 0.588. The number of guanidine groups is 1. The van der Waals surface area contributed by atoms with E-state index in [1.54, 1.807) is 14.2 Å². The molecular weight excluding hydrogens is 437 g/mol. The van der Waals surface area contributed by atoms with E-state index in [1.807, 2.05) is 43.0 Å². The van der Waals surface area contributed by atoms with Crippen molar-refractivity contribution in [1.29, 1.82) is 0 Å². The Kier molecular flexibility index (Phi) is 14.0. The maximum Gasteiger partial charge on any atom is 0.191 e. The first-order valence-corrected chi connectivity index (χ1v) is 9.33. The van der Waals surface area contributed by atoms with E-state index in [0.717, 1.165) is 30.4 Å². The lowest BCUT2D eigenvalue weighted by Crippen LogP contribution is -2.42. The van der Waals surface area contributed by atoms with Crippen LogP contribution in [0.2, 0.25) is 0 Å². The maximum absolute atomic E-state index is 5.92. The lowest BCUT2D eigenvalue weighted by molar-refractivity contribution is 0.213. The van der Waals surface area contributed by atoms with Crippen LogP contribution in [0, 0.1) is 0 Å². The van der Waals surface area contributed by atoms with Crippen molar-refractivity contribution in [3.63, 3.8) is 0 Å². The van der Waals surface area contributed by atoms with Crippen LogP contribution >= 0.6 is 35.7 Å². The first-order valence-electron chi connectivity index (χ1n) is 7.94. The molecule has 0 saturated heterocycles. The molecule has 0 bridgehead atoms. The standard InChI is InChI=1S/C17H29N3O2S.HI/c1-14(22-16-10-6-5-9-15(16)21-3)13-20-17(18-2)19-11-7-8-12-23-4;/h5-6,9-10,14H,7-8,11-13H2,1-4H3,(H2,18,19,20);1H. The van der Waals surface area contributed by atoms with Crippen LogP contribution < -0.4 is 20.1 Å². The minimum Gasteiger partial charge on any atom is -0.493 e. The lowest BCUT2D eigenvalue weighted by Gasteiger charge is -2.19. The Bertz CT molecular complexity index is 475. The minimum atomic E-state index is 0. The molecule has 1 unspecified atom stereocenters. The van der Waals surface area contributed by atoms with E-state index >= 15 is 0 Å². The molecule has 5 nitrogen and oxygen atoms in total. The number of thioether (sulfide) groups is 1.